The number of rotatable bonds is 2. The third-order valence-corrected chi connectivity index (χ3v) is 14.2. The molecule has 10 aromatic carbocycles. The van der Waals surface area contributed by atoms with Crippen molar-refractivity contribution in [3.63, 3.8) is 0 Å². The third-order valence-electron chi connectivity index (χ3n) is 14.2. The molecule has 0 radical (unpaired) electrons. The van der Waals surface area contributed by atoms with Crippen molar-refractivity contribution in [1.82, 2.24) is 0 Å². The van der Waals surface area contributed by atoms with E-state index < -0.39 is 11.0 Å². The quantitative estimate of drug-likeness (QED) is 0.182. The van der Waals surface area contributed by atoms with Crippen LogP contribution in [-0.2, 0) is 17.6 Å². The molecule has 1 spiro atoms. The summed E-state index contributed by atoms with van der Waals surface area (Å²) in [6, 6.07) is 66.1. The predicted molar refractivity (Wildman–Crippen MR) is 290 cm³/mol. The topological polar surface area (TPSA) is 94.1 Å². The molecule has 0 saturated carbocycles. The number of aliphatic hydroxyl groups is 1. The average Bonchev–Trinajstić information content (AvgIpc) is 3.78. The fraction of sp³-hybridized carbons (Fsp3) is 0.0909. The van der Waals surface area contributed by atoms with Crippen molar-refractivity contribution in [3.05, 3.63) is 246 Å². The molecule has 366 valence electrons. The largest absolute Gasteiger partial charge is 0.497 e. The van der Waals surface area contributed by atoms with Gasteiger partial charge in [0.25, 0.3) is 0 Å². The number of hydrogen-bond donors (Lipinski definition) is 1. The van der Waals surface area contributed by atoms with Crippen LogP contribution in [0.3, 0.4) is 0 Å². The Bertz CT molecular complexity index is 3630. The van der Waals surface area contributed by atoms with Gasteiger partial charge in [-0.2, -0.15) is 0 Å². The van der Waals surface area contributed by atoms with E-state index in [9.17, 15) is 5.11 Å². The predicted octanol–water partition coefficient (Wildman–Crippen LogP) is 17.1. The van der Waals surface area contributed by atoms with E-state index in [-0.39, 0.29) is 6.61 Å². The van der Waals surface area contributed by atoms with E-state index in [1.165, 1.54) is 11.1 Å². The maximum absolute atomic E-state index is 10.2. The number of ether oxygens (including phenoxy) is 8. The van der Waals surface area contributed by atoms with Gasteiger partial charge in [0.05, 0.1) is 13.7 Å². The summed E-state index contributed by atoms with van der Waals surface area (Å²) in [7, 11) is 1.69. The molecule has 10 aromatic rings. The Labute approximate surface area is 433 Å². The van der Waals surface area contributed by atoms with Crippen LogP contribution in [0.2, 0.25) is 0 Å². The van der Waals surface area contributed by atoms with Crippen LogP contribution in [0, 0.1) is 0 Å². The van der Waals surface area contributed by atoms with Crippen molar-refractivity contribution >= 4 is 16.8 Å². The number of hydrogen-bond acceptors (Lipinski definition) is 9. The molecular formula is C66H48O9. The molecular weight excluding hydrogens is 937 g/mol. The van der Waals surface area contributed by atoms with Gasteiger partial charge in [-0.1, -0.05) is 62.4 Å². The van der Waals surface area contributed by atoms with Crippen molar-refractivity contribution in [1.29, 1.82) is 0 Å². The molecule has 9 aliphatic heterocycles. The zero-order valence-electron chi connectivity index (χ0n) is 41.2. The van der Waals surface area contributed by atoms with Crippen LogP contribution in [0.15, 0.2) is 212 Å². The van der Waals surface area contributed by atoms with Crippen LogP contribution >= 0.6 is 0 Å². The van der Waals surface area contributed by atoms with Crippen molar-refractivity contribution in [3.8, 4) is 91.6 Å². The summed E-state index contributed by atoms with van der Waals surface area (Å²) >= 11 is 0. The first-order valence-corrected chi connectivity index (χ1v) is 24.8. The second kappa shape index (κ2) is 18.2. The Morgan fingerprint density at radius 3 is 1.16 bits per heavy atom. The van der Waals surface area contributed by atoms with Gasteiger partial charge in [-0.25, -0.2) is 0 Å². The summed E-state index contributed by atoms with van der Waals surface area (Å²) in [4.78, 5) is 0. The van der Waals surface area contributed by atoms with Crippen LogP contribution in [0.25, 0.3) is 28.0 Å². The second-order valence-corrected chi connectivity index (χ2v) is 19.3. The van der Waals surface area contributed by atoms with Crippen molar-refractivity contribution in [2.24, 2.45) is 0 Å². The lowest BCUT2D eigenvalue weighted by Crippen LogP contribution is -2.35. The minimum absolute atomic E-state index is 0.0353. The highest BCUT2D eigenvalue weighted by Gasteiger charge is 2.44. The Kier molecular flexibility index (Phi) is 11.1. The minimum atomic E-state index is -1.10. The maximum Gasteiger partial charge on any atom is 0.178 e. The van der Waals surface area contributed by atoms with Crippen molar-refractivity contribution in [2.45, 2.75) is 31.5 Å². The van der Waals surface area contributed by atoms with Crippen LogP contribution < -0.4 is 37.9 Å². The van der Waals surface area contributed by atoms with Crippen LogP contribution in [0.5, 0.6) is 80.5 Å². The molecule has 20 rings (SSSR count). The number of aliphatic hydroxyl groups excluding tert-OH is 1. The number of fused-ring (bicyclic) bond motifs is 15. The molecule has 75 heavy (non-hydrogen) atoms. The molecule has 0 fully saturated rings. The highest BCUT2D eigenvalue weighted by Crippen LogP contribution is 2.59. The first-order chi connectivity index (χ1) is 36.7. The minimum Gasteiger partial charge on any atom is -0.497 e. The lowest BCUT2D eigenvalue weighted by Gasteiger charge is -2.38. The molecule has 0 atom stereocenters. The van der Waals surface area contributed by atoms with E-state index in [4.69, 9.17) is 37.9 Å². The van der Waals surface area contributed by atoms with Crippen LogP contribution in [-0.4, -0.2) is 12.2 Å². The lowest BCUT2D eigenvalue weighted by molar-refractivity contribution is 0.163. The highest BCUT2D eigenvalue weighted by atomic mass is 16.5. The third kappa shape index (κ3) is 8.39. The van der Waals surface area contributed by atoms with Gasteiger partial charge in [-0.15, -0.1) is 0 Å². The van der Waals surface area contributed by atoms with Crippen LogP contribution in [0.4, 0.5) is 0 Å². The lowest BCUT2D eigenvalue weighted by atomic mass is 9.76. The second-order valence-electron chi connectivity index (χ2n) is 19.3. The van der Waals surface area contributed by atoms with Crippen LogP contribution in [0.1, 0.15) is 47.2 Å². The fourth-order valence-electron chi connectivity index (χ4n) is 10.5. The summed E-state index contributed by atoms with van der Waals surface area (Å²) in [5, 5.41) is 12.2. The smallest absolute Gasteiger partial charge is 0.178 e. The molecule has 9 heterocycles. The maximum atomic E-state index is 10.2. The van der Waals surface area contributed by atoms with E-state index in [1.807, 2.05) is 158 Å². The fourth-order valence-corrected chi connectivity index (χ4v) is 10.5. The monoisotopic (exact) mass is 984 g/mol. The Hall–Kier alpha value is -9.44. The van der Waals surface area contributed by atoms with E-state index in [2.05, 4.69) is 74.5 Å². The normalized spacial score (nSPS) is 14.3. The van der Waals surface area contributed by atoms with E-state index in [1.54, 1.807) is 7.11 Å². The van der Waals surface area contributed by atoms with Gasteiger partial charge in [0, 0.05) is 27.5 Å². The zero-order valence-corrected chi connectivity index (χ0v) is 41.2. The van der Waals surface area contributed by atoms with E-state index in [0.29, 0.717) is 69.0 Å². The van der Waals surface area contributed by atoms with Crippen molar-refractivity contribution < 1.29 is 43.0 Å². The number of benzene rings is 10. The highest BCUT2D eigenvalue weighted by molar-refractivity contribution is 6.09. The zero-order chi connectivity index (χ0) is 50.7. The molecule has 0 aromatic heterocycles. The number of methoxy groups -OCH3 is 1. The average molecular weight is 985 g/mol. The molecule has 1 aliphatic carbocycles. The van der Waals surface area contributed by atoms with E-state index in [0.717, 1.165) is 55.7 Å². The Morgan fingerprint density at radius 1 is 0.427 bits per heavy atom. The van der Waals surface area contributed by atoms with E-state index >= 15 is 0 Å². The first kappa shape index (κ1) is 45.4. The van der Waals surface area contributed by atoms with Gasteiger partial charge >= 0.3 is 0 Å². The van der Waals surface area contributed by atoms with Gasteiger partial charge in [0.1, 0.15) is 80.5 Å². The van der Waals surface area contributed by atoms with Gasteiger partial charge in [0.2, 0.25) is 0 Å². The molecule has 10 aliphatic rings. The Balaban J connectivity index is 0.878. The summed E-state index contributed by atoms with van der Waals surface area (Å²) in [5.41, 5.74) is 6.80. The van der Waals surface area contributed by atoms with Gasteiger partial charge in [0.15, 0.2) is 5.60 Å². The Morgan fingerprint density at radius 2 is 0.800 bits per heavy atom. The van der Waals surface area contributed by atoms with Gasteiger partial charge in [-0.3, -0.25) is 0 Å². The molecule has 0 amide bonds. The van der Waals surface area contributed by atoms with Gasteiger partial charge < -0.3 is 43.0 Å². The SMILES string of the molecule is COc1ccc2c3c(c4c(c2c1)OC1(C=C4)c2ccc(cc2)Oc2ccc(cc2)Oc2ccc(cc2)Oc2ccc(cc2)Oc2ccc(cc2)Oc2ccc(cc2)Oc2ccc1cc2)C(C)(C)c1cc(CO)ccc1-3. The summed E-state index contributed by atoms with van der Waals surface area (Å²) in [6.07, 6.45) is 4.38. The molecule has 0 saturated heterocycles. The summed E-state index contributed by atoms with van der Waals surface area (Å²) in [5.74, 6) is 9.41. The van der Waals surface area contributed by atoms with Crippen molar-refractivity contribution in [2.75, 3.05) is 7.11 Å². The molecule has 9 nitrogen and oxygen atoms in total. The molecule has 9 heteroatoms. The summed E-state index contributed by atoms with van der Waals surface area (Å²) < 4.78 is 51.0. The molecule has 0 unspecified atom stereocenters. The first-order valence-electron chi connectivity index (χ1n) is 24.8. The van der Waals surface area contributed by atoms with Gasteiger partial charge in [-0.05, 0) is 203 Å². The summed E-state index contributed by atoms with van der Waals surface area (Å²) in [6.45, 7) is 4.48. The standard InChI is InChI=1S/C66H48O9/c1-65(2)61-38-41(40-67)4-34-58(61)62-57-35-33-56(68-3)39-60(57)64-59(63(62)65)36-37-66(75-64)42-5-9-44(10-6-42)69-46-13-17-48(18-14-46)71-50-21-25-52(26-22-50)73-54-29-31-55(32-30-54)74-53-27-23-51(24-28-53)72-49-19-15-47(16-20-49)70-45-11-7-43(66)8-12-45/h4-39,67H,40H2,1-3H3. The molecule has 1 N–H and O–H groups in total. The molecule has 14 bridgehead atoms.